The van der Waals surface area contributed by atoms with E-state index in [9.17, 15) is 0 Å². The van der Waals surface area contributed by atoms with Crippen LogP contribution in [0.1, 0.15) is 37.6 Å². The zero-order chi connectivity index (χ0) is 19.9. The molecule has 1 aromatic heterocycles. The Morgan fingerprint density at radius 2 is 1.35 bits per heavy atom. The molecule has 0 N–H and O–H groups in total. The largest absolute Gasteiger partial charge is 0.212 e. The van der Waals surface area contributed by atoms with Gasteiger partial charge < -0.3 is 0 Å². The standard InChI is InChI=1S/C20H21N3/c1-14-10-12-16(13-11-14)18-21-17(15-8-6-5-7-9-15)22-19(23-18)20(2,3)4/h5-13H,1-4H3/i10D,11D,12D,13D. The predicted molar refractivity (Wildman–Crippen MR) is 94.1 cm³/mol. The highest BCUT2D eigenvalue weighted by Crippen LogP contribution is 2.25. The Hall–Kier alpha value is -2.55. The number of hydrogen-bond donors (Lipinski definition) is 0. The zero-order valence-electron chi connectivity index (χ0n) is 17.7. The van der Waals surface area contributed by atoms with Gasteiger partial charge in [-0.2, -0.15) is 0 Å². The number of aromatic nitrogens is 3. The van der Waals surface area contributed by atoms with Gasteiger partial charge in [-0.15, -0.1) is 0 Å². The summed E-state index contributed by atoms with van der Waals surface area (Å²) in [5.74, 6) is 1.14. The molecule has 0 unspecified atom stereocenters. The first kappa shape index (κ1) is 11.1. The van der Waals surface area contributed by atoms with Gasteiger partial charge >= 0.3 is 0 Å². The molecule has 0 saturated carbocycles. The van der Waals surface area contributed by atoms with Crippen LogP contribution in [-0.4, -0.2) is 15.0 Å². The van der Waals surface area contributed by atoms with Crippen molar-refractivity contribution in [2.75, 3.05) is 0 Å². The summed E-state index contributed by atoms with van der Waals surface area (Å²) in [5.41, 5.74) is 0.834. The normalized spacial score (nSPS) is 13.9. The monoisotopic (exact) mass is 307 g/mol. The molecule has 0 atom stereocenters. The summed E-state index contributed by atoms with van der Waals surface area (Å²) in [7, 11) is 0. The summed E-state index contributed by atoms with van der Waals surface area (Å²) in [6.45, 7) is 7.51. The van der Waals surface area contributed by atoms with Crippen molar-refractivity contribution in [3.8, 4) is 22.8 Å². The SMILES string of the molecule is [2H]c1c([2H])c(-c2nc(-c3ccccc3)nc(C(C)(C)C)n2)c([2H])c([2H])c1C. The van der Waals surface area contributed by atoms with E-state index in [2.05, 4.69) is 15.0 Å². The van der Waals surface area contributed by atoms with Gasteiger partial charge in [0, 0.05) is 16.5 Å². The molecule has 116 valence electrons. The highest BCUT2D eigenvalue weighted by molar-refractivity contribution is 5.61. The van der Waals surface area contributed by atoms with Gasteiger partial charge in [-0.1, -0.05) is 80.8 Å². The Bertz CT molecular complexity index is 983. The molecule has 3 aromatic rings. The molecule has 0 bridgehead atoms. The van der Waals surface area contributed by atoms with Crippen molar-refractivity contribution in [2.24, 2.45) is 0 Å². The molecule has 0 aliphatic carbocycles. The first-order valence-corrected chi connectivity index (χ1v) is 7.50. The van der Waals surface area contributed by atoms with Gasteiger partial charge in [0.05, 0.1) is 5.48 Å². The second-order valence-electron chi connectivity index (χ2n) is 6.42. The second-order valence-corrected chi connectivity index (χ2v) is 6.42. The zero-order valence-corrected chi connectivity index (χ0v) is 13.7. The van der Waals surface area contributed by atoms with Crippen LogP contribution in [0.2, 0.25) is 0 Å². The van der Waals surface area contributed by atoms with Crippen molar-refractivity contribution >= 4 is 0 Å². The minimum atomic E-state index is -0.371. The molecule has 0 saturated heterocycles. The second kappa shape index (κ2) is 5.92. The van der Waals surface area contributed by atoms with E-state index in [4.69, 9.17) is 5.48 Å². The minimum absolute atomic E-state index is 0.0787. The Morgan fingerprint density at radius 3 is 1.91 bits per heavy atom. The van der Waals surface area contributed by atoms with Crippen LogP contribution in [-0.2, 0) is 5.41 Å². The molecule has 3 nitrogen and oxygen atoms in total. The lowest BCUT2D eigenvalue weighted by molar-refractivity contribution is 0.543. The summed E-state index contributed by atoms with van der Waals surface area (Å²) < 4.78 is 32.9. The van der Waals surface area contributed by atoms with E-state index in [-0.39, 0.29) is 41.0 Å². The van der Waals surface area contributed by atoms with Crippen molar-refractivity contribution in [2.45, 2.75) is 33.1 Å². The molecule has 0 radical (unpaired) electrons. The molecular weight excluding hydrogens is 282 g/mol. The van der Waals surface area contributed by atoms with E-state index in [1.807, 2.05) is 51.1 Å². The van der Waals surface area contributed by atoms with Crippen molar-refractivity contribution in [1.29, 1.82) is 0 Å². The molecule has 0 aliphatic rings. The third-order valence-corrected chi connectivity index (χ3v) is 3.31. The van der Waals surface area contributed by atoms with Crippen LogP contribution in [0.5, 0.6) is 0 Å². The predicted octanol–water partition coefficient (Wildman–Crippen LogP) is 4.81. The van der Waals surface area contributed by atoms with Crippen molar-refractivity contribution < 1.29 is 5.48 Å². The fourth-order valence-corrected chi connectivity index (χ4v) is 2.03. The topological polar surface area (TPSA) is 38.7 Å². The van der Waals surface area contributed by atoms with Gasteiger partial charge in [-0.05, 0) is 6.92 Å². The fraction of sp³-hybridized carbons (Fsp3) is 0.250. The first-order valence-electron chi connectivity index (χ1n) is 9.50. The van der Waals surface area contributed by atoms with E-state index in [0.29, 0.717) is 17.2 Å². The molecule has 2 aromatic carbocycles. The van der Waals surface area contributed by atoms with Gasteiger partial charge in [0.1, 0.15) is 5.82 Å². The molecular formula is C20H21N3. The number of benzene rings is 2. The van der Waals surface area contributed by atoms with Crippen LogP contribution in [0, 0.1) is 6.92 Å². The molecule has 0 fully saturated rings. The molecule has 0 aliphatic heterocycles. The van der Waals surface area contributed by atoms with E-state index in [1.54, 1.807) is 6.92 Å². The quantitative estimate of drug-likeness (QED) is 0.682. The molecule has 23 heavy (non-hydrogen) atoms. The van der Waals surface area contributed by atoms with E-state index in [1.165, 1.54) is 0 Å². The summed E-state index contributed by atoms with van der Waals surface area (Å²) in [4.78, 5) is 13.6. The van der Waals surface area contributed by atoms with Gasteiger partial charge in [-0.25, -0.2) is 15.0 Å². The average molecular weight is 307 g/mol. The third-order valence-electron chi connectivity index (χ3n) is 3.31. The summed E-state index contributed by atoms with van der Waals surface area (Å²) in [6.07, 6.45) is 0. The molecule has 0 amide bonds. The van der Waals surface area contributed by atoms with Crippen LogP contribution in [0.3, 0.4) is 0 Å². The van der Waals surface area contributed by atoms with E-state index >= 15 is 0 Å². The third kappa shape index (κ3) is 3.45. The summed E-state index contributed by atoms with van der Waals surface area (Å²) in [5, 5.41) is 0. The lowest BCUT2D eigenvalue weighted by atomic mass is 9.95. The van der Waals surface area contributed by atoms with E-state index in [0.717, 1.165) is 5.56 Å². The molecule has 3 heteroatoms. The number of hydrogen-bond acceptors (Lipinski definition) is 3. The Balaban J connectivity index is 2.35. The van der Waals surface area contributed by atoms with E-state index < -0.39 is 0 Å². The molecule has 1 heterocycles. The maximum absolute atomic E-state index is 8.32. The number of rotatable bonds is 2. The first-order chi connectivity index (χ1) is 12.6. The number of nitrogens with zero attached hydrogens (tertiary/aromatic N) is 3. The lowest BCUT2D eigenvalue weighted by Gasteiger charge is -2.18. The maximum atomic E-state index is 8.32. The van der Waals surface area contributed by atoms with Crippen molar-refractivity contribution in [3.05, 3.63) is 65.9 Å². The van der Waals surface area contributed by atoms with Crippen LogP contribution in [0.25, 0.3) is 22.8 Å². The minimum Gasteiger partial charge on any atom is -0.212 e. The van der Waals surface area contributed by atoms with Crippen LogP contribution in [0.15, 0.2) is 54.5 Å². The highest BCUT2D eigenvalue weighted by atomic mass is 15.0. The fourth-order valence-electron chi connectivity index (χ4n) is 2.03. The van der Waals surface area contributed by atoms with Gasteiger partial charge in [0.25, 0.3) is 0 Å². The van der Waals surface area contributed by atoms with Crippen LogP contribution >= 0.6 is 0 Å². The van der Waals surface area contributed by atoms with Crippen molar-refractivity contribution in [3.63, 3.8) is 0 Å². The Morgan fingerprint density at radius 1 is 0.783 bits per heavy atom. The Labute approximate surface area is 143 Å². The highest BCUT2D eigenvalue weighted by Gasteiger charge is 2.20. The van der Waals surface area contributed by atoms with Crippen LogP contribution in [0.4, 0.5) is 0 Å². The Kier molecular flexibility index (Phi) is 2.84. The summed E-state index contributed by atoms with van der Waals surface area (Å²) in [6, 6.07) is 9.01. The average Bonchev–Trinajstić information content (AvgIpc) is 2.65. The van der Waals surface area contributed by atoms with Crippen molar-refractivity contribution in [1.82, 2.24) is 15.0 Å². The smallest absolute Gasteiger partial charge is 0.163 e. The maximum Gasteiger partial charge on any atom is 0.163 e. The van der Waals surface area contributed by atoms with Gasteiger partial charge in [0.15, 0.2) is 11.6 Å². The lowest BCUT2D eigenvalue weighted by Crippen LogP contribution is -2.18. The molecule has 0 spiro atoms. The van der Waals surface area contributed by atoms with Gasteiger partial charge in [0.2, 0.25) is 0 Å². The summed E-state index contributed by atoms with van der Waals surface area (Å²) >= 11 is 0. The van der Waals surface area contributed by atoms with Gasteiger partial charge in [-0.3, -0.25) is 0 Å². The molecule has 3 rings (SSSR count). The van der Waals surface area contributed by atoms with Crippen LogP contribution < -0.4 is 0 Å².